The number of aromatic nitrogens is 2. The average molecular weight is 191 g/mol. The highest BCUT2D eigenvalue weighted by molar-refractivity contribution is 5.02. The molecule has 0 atom stereocenters. The number of hydrogen-bond acceptors (Lipinski definition) is 3. The van der Waals surface area contributed by atoms with Crippen molar-refractivity contribution in [3.8, 4) is 0 Å². The molecule has 0 saturated heterocycles. The molecule has 0 radical (unpaired) electrons. The van der Waals surface area contributed by atoms with Crippen molar-refractivity contribution in [1.82, 2.24) is 15.3 Å². The molecular formula is C11H17N3. The summed E-state index contributed by atoms with van der Waals surface area (Å²) in [5, 5.41) is 3.42. The number of aryl methyl sites for hydroxylation is 1. The van der Waals surface area contributed by atoms with Crippen LogP contribution in [-0.2, 0) is 13.0 Å². The van der Waals surface area contributed by atoms with Gasteiger partial charge in [-0.1, -0.05) is 13.3 Å². The van der Waals surface area contributed by atoms with Crippen LogP contribution in [-0.4, -0.2) is 16.0 Å². The van der Waals surface area contributed by atoms with Crippen LogP contribution in [0.25, 0.3) is 0 Å². The molecule has 0 amide bonds. The molecule has 0 spiro atoms. The lowest BCUT2D eigenvalue weighted by atomic mass is 10.2. The molecule has 0 aliphatic heterocycles. The monoisotopic (exact) mass is 191 g/mol. The van der Waals surface area contributed by atoms with Crippen molar-refractivity contribution in [3.05, 3.63) is 23.8 Å². The summed E-state index contributed by atoms with van der Waals surface area (Å²) in [6, 6.07) is 2.73. The fourth-order valence-corrected chi connectivity index (χ4v) is 1.44. The molecule has 1 aliphatic carbocycles. The Morgan fingerprint density at radius 2 is 2.36 bits per heavy atom. The van der Waals surface area contributed by atoms with Gasteiger partial charge < -0.3 is 5.32 Å². The second-order valence-corrected chi connectivity index (χ2v) is 3.87. The lowest BCUT2D eigenvalue weighted by Gasteiger charge is -2.03. The molecule has 14 heavy (non-hydrogen) atoms. The molecule has 3 heteroatoms. The second kappa shape index (κ2) is 4.51. The fraction of sp³-hybridized carbons (Fsp3) is 0.636. The van der Waals surface area contributed by atoms with Gasteiger partial charge in [-0.25, -0.2) is 9.97 Å². The van der Waals surface area contributed by atoms with Gasteiger partial charge in [0.25, 0.3) is 0 Å². The Balaban J connectivity index is 1.90. The Labute approximate surface area is 85.0 Å². The molecule has 1 fully saturated rings. The highest BCUT2D eigenvalue weighted by Gasteiger charge is 2.20. The van der Waals surface area contributed by atoms with Crippen LogP contribution < -0.4 is 5.32 Å². The predicted molar refractivity (Wildman–Crippen MR) is 55.9 cm³/mol. The van der Waals surface area contributed by atoms with E-state index in [1.807, 2.05) is 12.3 Å². The standard InChI is InChI=1S/C11H17N3/c1-2-3-10-6-7-12-11(14-10)8-13-9-4-5-9/h6-7,9,13H,2-5,8H2,1H3. The molecule has 1 N–H and O–H groups in total. The van der Waals surface area contributed by atoms with E-state index in [2.05, 4.69) is 22.2 Å². The van der Waals surface area contributed by atoms with Crippen LogP contribution in [0.2, 0.25) is 0 Å². The summed E-state index contributed by atoms with van der Waals surface area (Å²) in [6.45, 7) is 2.99. The first-order chi connectivity index (χ1) is 6.88. The van der Waals surface area contributed by atoms with Gasteiger partial charge in [-0.05, 0) is 25.3 Å². The summed E-state index contributed by atoms with van der Waals surface area (Å²) in [6.07, 6.45) is 6.69. The molecular weight excluding hydrogens is 174 g/mol. The van der Waals surface area contributed by atoms with Crippen molar-refractivity contribution < 1.29 is 0 Å². The lowest BCUT2D eigenvalue weighted by Crippen LogP contribution is -2.17. The van der Waals surface area contributed by atoms with Crippen LogP contribution in [0, 0.1) is 0 Å². The Morgan fingerprint density at radius 3 is 3.07 bits per heavy atom. The van der Waals surface area contributed by atoms with E-state index in [-0.39, 0.29) is 0 Å². The SMILES string of the molecule is CCCc1ccnc(CNC2CC2)n1. The number of nitrogens with one attached hydrogen (secondary N) is 1. The largest absolute Gasteiger partial charge is 0.307 e. The van der Waals surface area contributed by atoms with E-state index in [0.717, 1.165) is 36.9 Å². The zero-order chi connectivity index (χ0) is 9.80. The van der Waals surface area contributed by atoms with Crippen molar-refractivity contribution in [1.29, 1.82) is 0 Å². The highest BCUT2D eigenvalue weighted by atomic mass is 15.0. The third-order valence-corrected chi connectivity index (χ3v) is 2.40. The van der Waals surface area contributed by atoms with E-state index in [0.29, 0.717) is 0 Å². The third-order valence-electron chi connectivity index (χ3n) is 2.40. The third kappa shape index (κ3) is 2.77. The number of nitrogens with zero attached hydrogens (tertiary/aromatic N) is 2. The lowest BCUT2D eigenvalue weighted by molar-refractivity contribution is 0.652. The minimum Gasteiger partial charge on any atom is -0.307 e. The van der Waals surface area contributed by atoms with Crippen LogP contribution in [0.3, 0.4) is 0 Å². The molecule has 0 bridgehead atoms. The molecule has 0 unspecified atom stereocenters. The number of hydrogen-bond donors (Lipinski definition) is 1. The van der Waals surface area contributed by atoms with Crippen molar-refractivity contribution in [2.24, 2.45) is 0 Å². The van der Waals surface area contributed by atoms with Crippen LogP contribution in [0.15, 0.2) is 12.3 Å². The van der Waals surface area contributed by atoms with E-state index in [1.165, 1.54) is 12.8 Å². The van der Waals surface area contributed by atoms with Crippen LogP contribution in [0.1, 0.15) is 37.7 Å². The quantitative estimate of drug-likeness (QED) is 0.769. The van der Waals surface area contributed by atoms with Gasteiger partial charge in [0.2, 0.25) is 0 Å². The maximum absolute atomic E-state index is 4.49. The van der Waals surface area contributed by atoms with Gasteiger partial charge in [-0.15, -0.1) is 0 Å². The summed E-state index contributed by atoms with van der Waals surface area (Å²) in [4.78, 5) is 8.74. The summed E-state index contributed by atoms with van der Waals surface area (Å²) in [7, 11) is 0. The summed E-state index contributed by atoms with van der Waals surface area (Å²) >= 11 is 0. The van der Waals surface area contributed by atoms with Crippen LogP contribution >= 0.6 is 0 Å². The van der Waals surface area contributed by atoms with Crippen molar-refractivity contribution in [3.63, 3.8) is 0 Å². The topological polar surface area (TPSA) is 37.8 Å². The summed E-state index contributed by atoms with van der Waals surface area (Å²) in [5.74, 6) is 0.933. The van der Waals surface area contributed by atoms with Crippen LogP contribution in [0.5, 0.6) is 0 Å². The fourth-order valence-electron chi connectivity index (χ4n) is 1.44. The van der Waals surface area contributed by atoms with E-state index in [1.54, 1.807) is 0 Å². The first-order valence-corrected chi connectivity index (χ1v) is 5.42. The zero-order valence-corrected chi connectivity index (χ0v) is 8.66. The predicted octanol–water partition coefficient (Wildman–Crippen LogP) is 1.68. The maximum atomic E-state index is 4.49. The van der Waals surface area contributed by atoms with Gasteiger partial charge in [-0.2, -0.15) is 0 Å². The minimum absolute atomic E-state index is 0.730. The molecule has 1 saturated carbocycles. The van der Waals surface area contributed by atoms with E-state index in [9.17, 15) is 0 Å². The molecule has 1 heterocycles. The van der Waals surface area contributed by atoms with Crippen LogP contribution in [0.4, 0.5) is 0 Å². The zero-order valence-electron chi connectivity index (χ0n) is 8.66. The molecule has 2 rings (SSSR count). The minimum atomic E-state index is 0.730. The van der Waals surface area contributed by atoms with Gasteiger partial charge in [-0.3, -0.25) is 0 Å². The molecule has 1 aromatic heterocycles. The van der Waals surface area contributed by atoms with E-state index >= 15 is 0 Å². The first-order valence-electron chi connectivity index (χ1n) is 5.42. The second-order valence-electron chi connectivity index (χ2n) is 3.87. The van der Waals surface area contributed by atoms with E-state index < -0.39 is 0 Å². The van der Waals surface area contributed by atoms with Gasteiger partial charge in [0.15, 0.2) is 0 Å². The molecule has 0 aromatic carbocycles. The Kier molecular flexibility index (Phi) is 3.09. The smallest absolute Gasteiger partial charge is 0.142 e. The summed E-state index contributed by atoms with van der Waals surface area (Å²) in [5.41, 5.74) is 1.16. The van der Waals surface area contributed by atoms with Crippen molar-refractivity contribution >= 4 is 0 Å². The van der Waals surface area contributed by atoms with Gasteiger partial charge in [0.05, 0.1) is 6.54 Å². The first kappa shape index (κ1) is 9.59. The van der Waals surface area contributed by atoms with Crippen molar-refractivity contribution in [2.45, 2.75) is 45.2 Å². The maximum Gasteiger partial charge on any atom is 0.142 e. The normalized spacial score (nSPS) is 15.8. The van der Waals surface area contributed by atoms with E-state index in [4.69, 9.17) is 0 Å². The average Bonchev–Trinajstić information content (AvgIpc) is 2.99. The molecule has 1 aromatic rings. The molecule has 76 valence electrons. The number of rotatable bonds is 5. The van der Waals surface area contributed by atoms with Gasteiger partial charge in [0.1, 0.15) is 5.82 Å². The van der Waals surface area contributed by atoms with Gasteiger partial charge >= 0.3 is 0 Å². The summed E-state index contributed by atoms with van der Waals surface area (Å²) < 4.78 is 0. The molecule has 1 aliphatic rings. The highest BCUT2D eigenvalue weighted by Crippen LogP contribution is 2.18. The Hall–Kier alpha value is -0.960. The Morgan fingerprint density at radius 1 is 1.50 bits per heavy atom. The Bertz CT molecular complexity index is 294. The molecule has 3 nitrogen and oxygen atoms in total. The van der Waals surface area contributed by atoms with Crippen molar-refractivity contribution in [2.75, 3.05) is 0 Å². The van der Waals surface area contributed by atoms with Gasteiger partial charge in [0, 0.05) is 17.9 Å².